The summed E-state index contributed by atoms with van der Waals surface area (Å²) in [6, 6.07) is 10.9. The average Bonchev–Trinajstić information content (AvgIpc) is 2.72. The van der Waals surface area contributed by atoms with E-state index in [4.69, 9.17) is 14.2 Å². The molecule has 1 N–H and O–H groups in total. The number of carbonyl (C=O) groups excluding carboxylic acids is 3. The maximum Gasteiger partial charge on any atom is 0.339 e. The summed E-state index contributed by atoms with van der Waals surface area (Å²) in [6.07, 6.45) is 0. The molecule has 2 aromatic rings. The second-order valence-electron chi connectivity index (χ2n) is 5.46. The third-order valence-corrected chi connectivity index (χ3v) is 3.64. The molecule has 0 bridgehead atoms. The standard InChI is InChI=1S/C20H21NO7/c1-4-27-17-11-13(9-10-16(17)25-2)19(23)28-12-18(22)21-15-8-6-5-7-14(15)20(24)26-3/h5-11H,4,12H2,1-3H3,(H,21,22). The van der Waals surface area contributed by atoms with Crippen molar-refractivity contribution in [3.8, 4) is 11.5 Å². The minimum Gasteiger partial charge on any atom is -0.493 e. The van der Waals surface area contributed by atoms with Crippen LogP contribution in [-0.2, 0) is 14.3 Å². The van der Waals surface area contributed by atoms with Gasteiger partial charge < -0.3 is 24.3 Å². The Hall–Kier alpha value is -3.55. The van der Waals surface area contributed by atoms with Crippen LogP contribution >= 0.6 is 0 Å². The van der Waals surface area contributed by atoms with E-state index in [0.717, 1.165) is 0 Å². The van der Waals surface area contributed by atoms with Crippen LogP contribution in [0.25, 0.3) is 0 Å². The van der Waals surface area contributed by atoms with Gasteiger partial charge in [-0.2, -0.15) is 0 Å². The monoisotopic (exact) mass is 387 g/mol. The van der Waals surface area contributed by atoms with Crippen molar-refractivity contribution in [3.05, 3.63) is 53.6 Å². The Labute approximate surface area is 162 Å². The predicted octanol–water partition coefficient (Wildman–Crippen LogP) is 2.68. The van der Waals surface area contributed by atoms with E-state index in [0.29, 0.717) is 18.1 Å². The lowest BCUT2D eigenvalue weighted by Crippen LogP contribution is -2.22. The van der Waals surface area contributed by atoms with Gasteiger partial charge in [-0.1, -0.05) is 12.1 Å². The molecule has 8 nitrogen and oxygen atoms in total. The van der Waals surface area contributed by atoms with Crippen molar-refractivity contribution in [1.29, 1.82) is 0 Å². The number of hydrogen-bond acceptors (Lipinski definition) is 7. The van der Waals surface area contributed by atoms with Crippen molar-refractivity contribution in [2.45, 2.75) is 6.92 Å². The van der Waals surface area contributed by atoms with Crippen molar-refractivity contribution >= 4 is 23.5 Å². The first-order valence-electron chi connectivity index (χ1n) is 8.45. The van der Waals surface area contributed by atoms with Gasteiger partial charge in [0.25, 0.3) is 5.91 Å². The molecule has 2 rings (SSSR count). The van der Waals surface area contributed by atoms with Gasteiger partial charge in [0.05, 0.1) is 37.6 Å². The molecule has 0 fully saturated rings. The Morgan fingerprint density at radius 1 is 0.964 bits per heavy atom. The quantitative estimate of drug-likeness (QED) is 0.695. The van der Waals surface area contributed by atoms with Crippen molar-refractivity contribution in [1.82, 2.24) is 0 Å². The summed E-state index contributed by atoms with van der Waals surface area (Å²) in [5, 5.41) is 2.52. The first-order valence-corrected chi connectivity index (χ1v) is 8.45. The molecular weight excluding hydrogens is 366 g/mol. The lowest BCUT2D eigenvalue weighted by atomic mass is 10.2. The highest BCUT2D eigenvalue weighted by atomic mass is 16.5. The van der Waals surface area contributed by atoms with Crippen molar-refractivity contribution < 1.29 is 33.3 Å². The van der Waals surface area contributed by atoms with Crippen LogP contribution in [-0.4, -0.2) is 45.3 Å². The molecule has 0 atom stereocenters. The fraction of sp³-hybridized carbons (Fsp3) is 0.250. The number of amides is 1. The molecule has 28 heavy (non-hydrogen) atoms. The SMILES string of the molecule is CCOc1cc(C(=O)OCC(=O)Nc2ccccc2C(=O)OC)ccc1OC. The number of ether oxygens (including phenoxy) is 4. The van der Waals surface area contributed by atoms with E-state index < -0.39 is 24.5 Å². The molecule has 0 saturated carbocycles. The van der Waals surface area contributed by atoms with Crippen LogP contribution in [0.15, 0.2) is 42.5 Å². The van der Waals surface area contributed by atoms with Gasteiger partial charge in [-0.25, -0.2) is 9.59 Å². The summed E-state index contributed by atoms with van der Waals surface area (Å²) in [5.41, 5.74) is 0.673. The van der Waals surface area contributed by atoms with Crippen molar-refractivity contribution in [3.63, 3.8) is 0 Å². The lowest BCUT2D eigenvalue weighted by Gasteiger charge is -2.12. The van der Waals surface area contributed by atoms with E-state index in [1.165, 1.54) is 32.4 Å². The zero-order chi connectivity index (χ0) is 20.5. The lowest BCUT2D eigenvalue weighted by molar-refractivity contribution is -0.119. The minimum atomic E-state index is -0.694. The van der Waals surface area contributed by atoms with Gasteiger partial charge in [0.1, 0.15) is 0 Å². The highest BCUT2D eigenvalue weighted by molar-refractivity contribution is 6.02. The Balaban J connectivity index is 2.01. The summed E-state index contributed by atoms with van der Waals surface area (Å²) < 4.78 is 20.3. The maximum absolute atomic E-state index is 12.2. The third-order valence-electron chi connectivity index (χ3n) is 3.64. The Kier molecular flexibility index (Phi) is 7.38. The number of anilines is 1. The maximum atomic E-state index is 12.2. The Bertz CT molecular complexity index is 863. The summed E-state index contributed by atoms with van der Waals surface area (Å²) in [5.74, 6) is -0.996. The highest BCUT2D eigenvalue weighted by Gasteiger charge is 2.16. The van der Waals surface area contributed by atoms with E-state index in [-0.39, 0.29) is 16.8 Å². The fourth-order valence-electron chi connectivity index (χ4n) is 2.35. The van der Waals surface area contributed by atoms with E-state index in [2.05, 4.69) is 10.1 Å². The van der Waals surface area contributed by atoms with Crippen LogP contribution in [0.3, 0.4) is 0 Å². The molecule has 148 valence electrons. The fourth-order valence-corrected chi connectivity index (χ4v) is 2.35. The van der Waals surface area contributed by atoms with Crippen LogP contribution in [0.4, 0.5) is 5.69 Å². The smallest absolute Gasteiger partial charge is 0.339 e. The van der Waals surface area contributed by atoms with Gasteiger partial charge >= 0.3 is 11.9 Å². The van der Waals surface area contributed by atoms with Crippen LogP contribution < -0.4 is 14.8 Å². The molecule has 0 aliphatic carbocycles. The number of methoxy groups -OCH3 is 2. The van der Waals surface area contributed by atoms with Crippen LogP contribution in [0, 0.1) is 0 Å². The number of carbonyl (C=O) groups is 3. The largest absolute Gasteiger partial charge is 0.493 e. The van der Waals surface area contributed by atoms with Gasteiger partial charge in [0.2, 0.25) is 0 Å². The molecule has 1 amide bonds. The molecule has 0 aromatic heterocycles. The number of rotatable bonds is 8. The van der Waals surface area contributed by atoms with Crippen LogP contribution in [0.1, 0.15) is 27.6 Å². The van der Waals surface area contributed by atoms with E-state index >= 15 is 0 Å². The van der Waals surface area contributed by atoms with Crippen LogP contribution in [0.5, 0.6) is 11.5 Å². The molecule has 0 heterocycles. The van der Waals surface area contributed by atoms with Gasteiger partial charge in [0, 0.05) is 0 Å². The molecule has 0 unspecified atom stereocenters. The molecular formula is C20H21NO7. The molecule has 8 heteroatoms. The molecule has 0 aliphatic rings. The van der Waals surface area contributed by atoms with Gasteiger partial charge in [-0.05, 0) is 37.3 Å². The van der Waals surface area contributed by atoms with E-state index in [1.54, 1.807) is 31.2 Å². The van der Waals surface area contributed by atoms with Crippen molar-refractivity contribution in [2.75, 3.05) is 32.8 Å². The van der Waals surface area contributed by atoms with Gasteiger partial charge in [0.15, 0.2) is 18.1 Å². The predicted molar refractivity (Wildman–Crippen MR) is 101 cm³/mol. The Morgan fingerprint density at radius 2 is 1.71 bits per heavy atom. The average molecular weight is 387 g/mol. The zero-order valence-electron chi connectivity index (χ0n) is 15.8. The van der Waals surface area contributed by atoms with E-state index in [1.807, 2.05) is 0 Å². The molecule has 0 saturated heterocycles. The number of para-hydroxylation sites is 1. The number of nitrogens with one attached hydrogen (secondary N) is 1. The zero-order valence-corrected chi connectivity index (χ0v) is 15.8. The molecule has 0 spiro atoms. The minimum absolute atomic E-state index is 0.196. The third kappa shape index (κ3) is 5.23. The van der Waals surface area contributed by atoms with Crippen molar-refractivity contribution in [2.24, 2.45) is 0 Å². The summed E-state index contributed by atoms with van der Waals surface area (Å²) in [7, 11) is 2.74. The molecule has 0 radical (unpaired) electrons. The van der Waals surface area contributed by atoms with Gasteiger partial charge in [-0.15, -0.1) is 0 Å². The first kappa shape index (κ1) is 20.8. The first-order chi connectivity index (χ1) is 13.5. The molecule has 2 aromatic carbocycles. The summed E-state index contributed by atoms with van der Waals surface area (Å²) in [6.45, 7) is 1.68. The number of esters is 2. The number of benzene rings is 2. The normalized spacial score (nSPS) is 9.96. The summed E-state index contributed by atoms with van der Waals surface area (Å²) >= 11 is 0. The summed E-state index contributed by atoms with van der Waals surface area (Å²) in [4.78, 5) is 36.0. The highest BCUT2D eigenvalue weighted by Crippen LogP contribution is 2.28. The molecule has 0 aliphatic heterocycles. The number of hydrogen-bond donors (Lipinski definition) is 1. The Morgan fingerprint density at radius 3 is 2.39 bits per heavy atom. The van der Waals surface area contributed by atoms with Crippen LogP contribution in [0.2, 0.25) is 0 Å². The topological polar surface area (TPSA) is 100 Å². The second kappa shape index (κ2) is 9.96. The van der Waals surface area contributed by atoms with E-state index in [9.17, 15) is 14.4 Å². The van der Waals surface area contributed by atoms with Gasteiger partial charge in [-0.3, -0.25) is 4.79 Å². The second-order valence-corrected chi connectivity index (χ2v) is 5.46.